The van der Waals surface area contributed by atoms with Gasteiger partial charge in [-0.3, -0.25) is 4.99 Å². The Morgan fingerprint density at radius 1 is 0.880 bits per heavy atom. The van der Waals surface area contributed by atoms with E-state index in [-0.39, 0.29) is 5.41 Å². The van der Waals surface area contributed by atoms with Crippen LogP contribution in [0.3, 0.4) is 0 Å². The minimum absolute atomic E-state index is 0.0269. The summed E-state index contributed by atoms with van der Waals surface area (Å²) < 4.78 is 0. The Morgan fingerprint density at radius 3 is 2.32 bits per heavy atom. The van der Waals surface area contributed by atoms with Crippen molar-refractivity contribution in [3.8, 4) is 0 Å². The molecule has 0 saturated carbocycles. The number of para-hydroxylation sites is 1. The molecule has 2 aliphatic heterocycles. The molecule has 0 spiro atoms. The van der Waals surface area contributed by atoms with Crippen LogP contribution in [-0.2, 0) is 5.41 Å². The lowest BCUT2D eigenvalue weighted by molar-refractivity contribution is 0.578. The van der Waals surface area contributed by atoms with Crippen molar-refractivity contribution in [1.82, 2.24) is 0 Å². The lowest BCUT2D eigenvalue weighted by atomic mass is 9.81. The smallest absolute Gasteiger partial charge is 0.0674 e. The molecular weight excluding hydrogens is 304 g/mol. The van der Waals surface area contributed by atoms with Gasteiger partial charge in [0.1, 0.15) is 0 Å². The molecule has 0 unspecified atom stereocenters. The van der Waals surface area contributed by atoms with Crippen molar-refractivity contribution in [2.45, 2.75) is 38.5 Å². The third kappa shape index (κ3) is 3.13. The number of nitrogens with zero attached hydrogens (tertiary/aromatic N) is 2. The second-order valence-electron chi connectivity index (χ2n) is 7.61. The van der Waals surface area contributed by atoms with Crippen LogP contribution < -0.4 is 4.90 Å². The van der Waals surface area contributed by atoms with Crippen LogP contribution in [0.5, 0.6) is 0 Å². The largest absolute Gasteiger partial charge is 0.372 e. The fourth-order valence-electron chi connectivity index (χ4n) is 3.88. The predicted molar refractivity (Wildman–Crippen MR) is 108 cm³/mol. The first-order valence-electron chi connectivity index (χ1n) is 9.36. The highest BCUT2D eigenvalue weighted by atomic mass is 15.1. The zero-order chi connectivity index (χ0) is 17.3. The fourth-order valence-corrected chi connectivity index (χ4v) is 3.88. The van der Waals surface area contributed by atoms with E-state index in [0.29, 0.717) is 0 Å². The summed E-state index contributed by atoms with van der Waals surface area (Å²) in [5.74, 6) is 0. The van der Waals surface area contributed by atoms with Crippen LogP contribution in [0.1, 0.15) is 44.2 Å². The topological polar surface area (TPSA) is 15.6 Å². The maximum absolute atomic E-state index is 4.83. The molecule has 2 nitrogen and oxygen atoms in total. The standard InChI is InChI=1S/C23H26N2/c1-23(2)20-8-4-5-9-21(20)24-22(23)15-12-18-10-13-19(14-11-18)25-16-6-3-7-17-25/h4-5,8-15H,3,6-7,16-17H2,1-2H3/b15-12+. The van der Waals surface area contributed by atoms with Gasteiger partial charge in [-0.05, 0) is 54.7 Å². The predicted octanol–water partition coefficient (Wildman–Crippen LogP) is 5.75. The van der Waals surface area contributed by atoms with E-state index in [2.05, 4.69) is 79.4 Å². The average molecular weight is 330 g/mol. The van der Waals surface area contributed by atoms with Crippen LogP contribution in [0.2, 0.25) is 0 Å². The van der Waals surface area contributed by atoms with Gasteiger partial charge in [-0.25, -0.2) is 0 Å². The number of allylic oxidation sites excluding steroid dienone is 1. The monoisotopic (exact) mass is 330 g/mol. The first-order chi connectivity index (χ1) is 12.1. The third-order valence-electron chi connectivity index (χ3n) is 5.51. The molecule has 0 atom stereocenters. The van der Waals surface area contributed by atoms with Crippen molar-refractivity contribution in [3.63, 3.8) is 0 Å². The number of hydrogen-bond acceptors (Lipinski definition) is 2. The number of anilines is 1. The van der Waals surface area contributed by atoms with E-state index in [4.69, 9.17) is 4.99 Å². The summed E-state index contributed by atoms with van der Waals surface area (Å²) in [7, 11) is 0. The van der Waals surface area contributed by atoms with Gasteiger partial charge in [-0.1, -0.05) is 50.3 Å². The minimum atomic E-state index is -0.0269. The number of fused-ring (bicyclic) bond motifs is 1. The molecule has 128 valence electrons. The Balaban J connectivity index is 1.51. The molecule has 1 fully saturated rings. The second kappa shape index (κ2) is 6.51. The summed E-state index contributed by atoms with van der Waals surface area (Å²) >= 11 is 0. The van der Waals surface area contributed by atoms with Crippen LogP contribution in [-0.4, -0.2) is 18.8 Å². The number of piperidine rings is 1. The highest BCUT2D eigenvalue weighted by Gasteiger charge is 2.32. The summed E-state index contributed by atoms with van der Waals surface area (Å²) in [6.07, 6.45) is 8.37. The Morgan fingerprint density at radius 2 is 1.60 bits per heavy atom. The first kappa shape index (κ1) is 16.1. The summed E-state index contributed by atoms with van der Waals surface area (Å²) in [6.45, 7) is 6.89. The normalized spacial score (nSPS) is 19.1. The van der Waals surface area contributed by atoms with Gasteiger partial charge in [0.25, 0.3) is 0 Å². The Hall–Kier alpha value is -2.35. The van der Waals surface area contributed by atoms with E-state index in [9.17, 15) is 0 Å². The zero-order valence-corrected chi connectivity index (χ0v) is 15.2. The number of rotatable bonds is 3. The molecule has 2 heterocycles. The molecule has 0 bridgehead atoms. The van der Waals surface area contributed by atoms with E-state index in [1.807, 2.05) is 0 Å². The molecule has 2 aromatic rings. The lowest BCUT2D eigenvalue weighted by Crippen LogP contribution is -2.29. The first-order valence-corrected chi connectivity index (χ1v) is 9.36. The van der Waals surface area contributed by atoms with Gasteiger partial charge in [0.2, 0.25) is 0 Å². The van der Waals surface area contributed by atoms with Crippen molar-refractivity contribution in [2.75, 3.05) is 18.0 Å². The maximum atomic E-state index is 4.83. The minimum Gasteiger partial charge on any atom is -0.372 e. The highest BCUT2D eigenvalue weighted by Crippen LogP contribution is 2.40. The van der Waals surface area contributed by atoms with Gasteiger partial charge in [-0.2, -0.15) is 0 Å². The molecule has 0 aromatic heterocycles. The van der Waals surface area contributed by atoms with Crippen LogP contribution in [0.25, 0.3) is 6.08 Å². The molecular formula is C23H26N2. The van der Waals surface area contributed by atoms with E-state index in [1.54, 1.807) is 0 Å². The molecule has 0 radical (unpaired) electrons. The SMILES string of the molecule is CC1(C)C(/C=C/c2ccc(N3CCCCC3)cc2)=Nc2ccccc21. The molecule has 1 saturated heterocycles. The van der Waals surface area contributed by atoms with Gasteiger partial charge in [0.15, 0.2) is 0 Å². The average Bonchev–Trinajstić information content (AvgIpc) is 2.92. The van der Waals surface area contributed by atoms with E-state index >= 15 is 0 Å². The number of aliphatic imine (C=N–C) groups is 1. The highest BCUT2D eigenvalue weighted by molar-refractivity contribution is 6.10. The van der Waals surface area contributed by atoms with Gasteiger partial charge in [0.05, 0.1) is 11.4 Å². The molecule has 2 aromatic carbocycles. The molecule has 2 heteroatoms. The Labute approximate surface area is 150 Å². The van der Waals surface area contributed by atoms with Crippen LogP contribution in [0, 0.1) is 0 Å². The van der Waals surface area contributed by atoms with E-state index in [1.165, 1.54) is 49.2 Å². The zero-order valence-electron chi connectivity index (χ0n) is 15.2. The molecule has 0 amide bonds. The quantitative estimate of drug-likeness (QED) is 0.699. The maximum Gasteiger partial charge on any atom is 0.0674 e. The lowest BCUT2D eigenvalue weighted by Gasteiger charge is -2.28. The molecule has 4 rings (SSSR count). The van der Waals surface area contributed by atoms with Gasteiger partial charge < -0.3 is 4.90 Å². The van der Waals surface area contributed by atoms with Crippen molar-refractivity contribution < 1.29 is 0 Å². The van der Waals surface area contributed by atoms with Gasteiger partial charge >= 0.3 is 0 Å². The van der Waals surface area contributed by atoms with Gasteiger partial charge in [-0.15, -0.1) is 0 Å². The van der Waals surface area contributed by atoms with Crippen molar-refractivity contribution >= 4 is 23.2 Å². The summed E-state index contributed by atoms with van der Waals surface area (Å²) in [4.78, 5) is 7.33. The van der Waals surface area contributed by atoms with E-state index < -0.39 is 0 Å². The Kier molecular flexibility index (Phi) is 4.20. The molecule has 25 heavy (non-hydrogen) atoms. The van der Waals surface area contributed by atoms with Crippen LogP contribution >= 0.6 is 0 Å². The second-order valence-corrected chi connectivity index (χ2v) is 7.61. The van der Waals surface area contributed by atoms with E-state index in [0.717, 1.165) is 11.4 Å². The third-order valence-corrected chi connectivity index (χ3v) is 5.51. The van der Waals surface area contributed by atoms with Crippen molar-refractivity contribution in [3.05, 3.63) is 65.7 Å². The van der Waals surface area contributed by atoms with Crippen molar-refractivity contribution in [2.24, 2.45) is 4.99 Å². The molecule has 0 aliphatic carbocycles. The van der Waals surface area contributed by atoms with Crippen LogP contribution in [0.4, 0.5) is 11.4 Å². The molecule has 2 aliphatic rings. The number of hydrogen-bond donors (Lipinski definition) is 0. The Bertz CT molecular complexity index is 806. The van der Waals surface area contributed by atoms with Gasteiger partial charge in [0, 0.05) is 24.2 Å². The fraction of sp³-hybridized carbons (Fsp3) is 0.348. The summed E-state index contributed by atoms with van der Waals surface area (Å²) in [6, 6.07) is 17.4. The molecule has 0 N–H and O–H groups in total. The van der Waals surface area contributed by atoms with Crippen molar-refractivity contribution in [1.29, 1.82) is 0 Å². The summed E-state index contributed by atoms with van der Waals surface area (Å²) in [5.41, 5.74) is 6.11. The summed E-state index contributed by atoms with van der Waals surface area (Å²) in [5, 5.41) is 0. The van der Waals surface area contributed by atoms with Crippen LogP contribution in [0.15, 0.2) is 59.6 Å². The number of benzene rings is 2.